The number of amides is 1. The van der Waals surface area contributed by atoms with Crippen LogP contribution in [0.15, 0.2) is 12.4 Å². The minimum atomic E-state index is -0.00158. The highest BCUT2D eigenvalue weighted by Crippen LogP contribution is 2.22. The van der Waals surface area contributed by atoms with Crippen molar-refractivity contribution >= 4 is 23.5 Å². The summed E-state index contributed by atoms with van der Waals surface area (Å²) in [5.41, 5.74) is 0.439. The summed E-state index contributed by atoms with van der Waals surface area (Å²) in [6.07, 6.45) is 5.34. The second-order valence-electron chi connectivity index (χ2n) is 4.87. The molecule has 20 heavy (non-hydrogen) atoms. The van der Waals surface area contributed by atoms with Crippen LogP contribution in [0, 0.1) is 0 Å². The van der Waals surface area contributed by atoms with Crippen molar-refractivity contribution in [2.24, 2.45) is 0 Å². The highest BCUT2D eigenvalue weighted by Gasteiger charge is 2.24. The Bertz CT molecular complexity index is 437. The third kappa shape index (κ3) is 3.85. The van der Waals surface area contributed by atoms with Gasteiger partial charge in [0.2, 0.25) is 0 Å². The largest absolute Gasteiger partial charge is 0.369 e. The van der Waals surface area contributed by atoms with Gasteiger partial charge in [0, 0.05) is 30.6 Å². The quantitative estimate of drug-likeness (QED) is 0.902. The van der Waals surface area contributed by atoms with Crippen molar-refractivity contribution < 1.29 is 4.79 Å². The van der Waals surface area contributed by atoms with Crippen molar-refractivity contribution in [1.82, 2.24) is 14.9 Å². The monoisotopic (exact) mass is 294 g/mol. The van der Waals surface area contributed by atoms with Crippen LogP contribution in [0.3, 0.4) is 0 Å². The molecular weight excluding hydrogens is 272 g/mol. The fourth-order valence-corrected chi connectivity index (χ4v) is 3.28. The number of hydrogen-bond donors (Lipinski definition) is 1. The van der Waals surface area contributed by atoms with Crippen molar-refractivity contribution in [2.45, 2.75) is 31.9 Å². The molecule has 1 atom stereocenters. The lowest BCUT2D eigenvalue weighted by atomic mass is 10.2. The zero-order valence-electron chi connectivity index (χ0n) is 12.1. The molecule has 1 aliphatic heterocycles. The van der Waals surface area contributed by atoms with Crippen LogP contribution in [-0.2, 0) is 0 Å². The predicted octanol–water partition coefficient (Wildman–Crippen LogP) is 2.27. The van der Waals surface area contributed by atoms with E-state index >= 15 is 0 Å². The number of rotatable bonds is 5. The van der Waals surface area contributed by atoms with Gasteiger partial charge in [-0.3, -0.25) is 4.79 Å². The topological polar surface area (TPSA) is 58.1 Å². The lowest BCUT2D eigenvalue weighted by Crippen LogP contribution is -2.42. The average molecular weight is 294 g/mol. The van der Waals surface area contributed by atoms with Gasteiger partial charge in [0.25, 0.3) is 5.91 Å². The Kier molecular flexibility index (Phi) is 5.64. The molecule has 1 saturated heterocycles. The lowest BCUT2D eigenvalue weighted by Gasteiger charge is -2.31. The SMILES string of the molecule is CCCNc1cnc(C(=O)N2CCSC(CC)C2)cn1. The van der Waals surface area contributed by atoms with Gasteiger partial charge < -0.3 is 10.2 Å². The van der Waals surface area contributed by atoms with E-state index in [1.807, 2.05) is 16.7 Å². The normalized spacial score (nSPS) is 18.9. The molecule has 1 aromatic heterocycles. The number of hydrogen-bond acceptors (Lipinski definition) is 5. The summed E-state index contributed by atoms with van der Waals surface area (Å²) in [5, 5.41) is 3.70. The van der Waals surface area contributed by atoms with Crippen molar-refractivity contribution in [3.8, 4) is 0 Å². The second kappa shape index (κ2) is 7.47. The Balaban J connectivity index is 1.98. The summed E-state index contributed by atoms with van der Waals surface area (Å²) >= 11 is 1.95. The van der Waals surface area contributed by atoms with Crippen LogP contribution in [0.1, 0.15) is 37.2 Å². The number of thioether (sulfide) groups is 1. The summed E-state index contributed by atoms with van der Waals surface area (Å²) in [6, 6.07) is 0. The minimum absolute atomic E-state index is 0.00158. The van der Waals surface area contributed by atoms with Crippen molar-refractivity contribution in [1.29, 1.82) is 0 Å². The molecule has 0 radical (unpaired) electrons. The summed E-state index contributed by atoms with van der Waals surface area (Å²) in [5.74, 6) is 1.73. The van der Waals surface area contributed by atoms with Crippen molar-refractivity contribution in [3.63, 3.8) is 0 Å². The highest BCUT2D eigenvalue weighted by atomic mass is 32.2. The number of carbonyl (C=O) groups is 1. The van der Waals surface area contributed by atoms with E-state index in [-0.39, 0.29) is 5.91 Å². The molecule has 0 spiro atoms. The van der Waals surface area contributed by atoms with Gasteiger partial charge in [0.05, 0.1) is 12.4 Å². The highest BCUT2D eigenvalue weighted by molar-refractivity contribution is 8.00. The molecule has 0 bridgehead atoms. The molecule has 1 N–H and O–H groups in total. The Labute approximate surface area is 124 Å². The molecule has 0 saturated carbocycles. The number of nitrogens with zero attached hydrogens (tertiary/aromatic N) is 3. The minimum Gasteiger partial charge on any atom is -0.369 e. The van der Waals surface area contributed by atoms with Gasteiger partial charge in [-0.2, -0.15) is 11.8 Å². The van der Waals surface area contributed by atoms with E-state index in [0.29, 0.717) is 10.9 Å². The van der Waals surface area contributed by atoms with Crippen LogP contribution < -0.4 is 5.32 Å². The van der Waals surface area contributed by atoms with Crippen LogP contribution in [-0.4, -0.2) is 51.4 Å². The number of nitrogens with one attached hydrogen (secondary N) is 1. The predicted molar refractivity (Wildman–Crippen MR) is 83.3 cm³/mol. The molecule has 2 rings (SSSR count). The molecule has 110 valence electrons. The Morgan fingerprint density at radius 2 is 2.30 bits per heavy atom. The summed E-state index contributed by atoms with van der Waals surface area (Å²) in [6.45, 7) is 6.75. The second-order valence-corrected chi connectivity index (χ2v) is 6.27. The van der Waals surface area contributed by atoms with Gasteiger partial charge in [-0.1, -0.05) is 13.8 Å². The maximum absolute atomic E-state index is 12.4. The van der Waals surface area contributed by atoms with Crippen LogP contribution in [0.5, 0.6) is 0 Å². The van der Waals surface area contributed by atoms with Gasteiger partial charge in [0.1, 0.15) is 11.5 Å². The fourth-order valence-electron chi connectivity index (χ4n) is 2.10. The Morgan fingerprint density at radius 3 is 2.95 bits per heavy atom. The van der Waals surface area contributed by atoms with Crippen molar-refractivity contribution in [2.75, 3.05) is 30.7 Å². The first kappa shape index (κ1) is 15.1. The van der Waals surface area contributed by atoms with Crippen LogP contribution >= 0.6 is 11.8 Å². The van der Waals surface area contributed by atoms with Gasteiger partial charge in [-0.15, -0.1) is 0 Å². The van der Waals surface area contributed by atoms with E-state index < -0.39 is 0 Å². The van der Waals surface area contributed by atoms with Crippen LogP contribution in [0.4, 0.5) is 5.82 Å². The average Bonchev–Trinajstić information content (AvgIpc) is 2.52. The van der Waals surface area contributed by atoms with Crippen LogP contribution in [0.2, 0.25) is 0 Å². The molecule has 1 fully saturated rings. The van der Waals surface area contributed by atoms with E-state index in [9.17, 15) is 4.79 Å². The van der Waals surface area contributed by atoms with E-state index in [0.717, 1.165) is 44.0 Å². The van der Waals surface area contributed by atoms with Crippen molar-refractivity contribution in [3.05, 3.63) is 18.1 Å². The van der Waals surface area contributed by atoms with Crippen LogP contribution in [0.25, 0.3) is 0 Å². The van der Waals surface area contributed by atoms with E-state index in [1.165, 1.54) is 0 Å². The maximum atomic E-state index is 12.4. The van der Waals surface area contributed by atoms with Gasteiger partial charge in [-0.25, -0.2) is 9.97 Å². The third-order valence-corrected chi connectivity index (χ3v) is 4.68. The first-order chi connectivity index (χ1) is 9.74. The Hall–Kier alpha value is -1.30. The van der Waals surface area contributed by atoms with Gasteiger partial charge >= 0.3 is 0 Å². The van der Waals surface area contributed by atoms with E-state index in [2.05, 4.69) is 29.1 Å². The molecule has 1 aromatic rings. The molecular formula is C14H22N4OS. The molecule has 1 amide bonds. The smallest absolute Gasteiger partial charge is 0.274 e. The van der Waals surface area contributed by atoms with E-state index in [4.69, 9.17) is 0 Å². The maximum Gasteiger partial charge on any atom is 0.274 e. The van der Waals surface area contributed by atoms with Gasteiger partial charge in [0.15, 0.2) is 0 Å². The summed E-state index contributed by atoms with van der Waals surface area (Å²) in [7, 11) is 0. The third-order valence-electron chi connectivity index (χ3n) is 3.31. The first-order valence-corrected chi connectivity index (χ1v) is 8.26. The number of aromatic nitrogens is 2. The molecule has 0 aliphatic carbocycles. The molecule has 1 aliphatic rings. The summed E-state index contributed by atoms with van der Waals surface area (Å²) in [4.78, 5) is 22.8. The number of carbonyl (C=O) groups excluding carboxylic acids is 1. The zero-order chi connectivity index (χ0) is 14.4. The lowest BCUT2D eigenvalue weighted by molar-refractivity contribution is 0.0754. The van der Waals surface area contributed by atoms with Gasteiger partial charge in [-0.05, 0) is 12.8 Å². The fraction of sp³-hybridized carbons (Fsp3) is 0.643. The Morgan fingerprint density at radius 1 is 1.45 bits per heavy atom. The first-order valence-electron chi connectivity index (χ1n) is 7.21. The molecule has 1 unspecified atom stereocenters. The zero-order valence-corrected chi connectivity index (χ0v) is 12.9. The molecule has 2 heterocycles. The molecule has 6 heteroatoms. The molecule has 5 nitrogen and oxygen atoms in total. The standard InChI is InChI=1S/C14H22N4OS/c1-3-5-15-13-9-16-12(8-17-13)14(19)18-6-7-20-11(4-2)10-18/h8-9,11H,3-7,10H2,1-2H3,(H,15,17). The number of anilines is 1. The molecule has 0 aromatic carbocycles. The summed E-state index contributed by atoms with van der Waals surface area (Å²) < 4.78 is 0. The van der Waals surface area contributed by atoms with E-state index in [1.54, 1.807) is 12.4 Å².